The van der Waals surface area contributed by atoms with Gasteiger partial charge < -0.3 is 4.74 Å². The van der Waals surface area contributed by atoms with E-state index >= 15 is 0 Å². The quantitative estimate of drug-likeness (QED) is 0.777. The van der Waals surface area contributed by atoms with Gasteiger partial charge >= 0.3 is 5.97 Å². The van der Waals surface area contributed by atoms with Crippen LogP contribution in [0.3, 0.4) is 0 Å². The third-order valence-electron chi connectivity index (χ3n) is 2.26. The second-order valence-corrected chi connectivity index (χ2v) is 4.22. The van der Waals surface area contributed by atoms with Gasteiger partial charge in [-0.05, 0) is 29.3 Å². The summed E-state index contributed by atoms with van der Waals surface area (Å²) in [6.07, 6.45) is 4.44. The number of rotatable bonds is 3. The summed E-state index contributed by atoms with van der Waals surface area (Å²) >= 11 is 3.32. The minimum atomic E-state index is -0.107. The summed E-state index contributed by atoms with van der Waals surface area (Å²) in [6, 6.07) is 0.195. The lowest BCUT2D eigenvalue weighted by molar-refractivity contribution is -0.145. The molecule has 14 heavy (non-hydrogen) atoms. The van der Waals surface area contributed by atoms with Crippen molar-refractivity contribution in [3.63, 3.8) is 0 Å². The molecular formula is C9H11BrN2O2. The van der Waals surface area contributed by atoms with Crippen molar-refractivity contribution in [3.8, 4) is 0 Å². The summed E-state index contributed by atoms with van der Waals surface area (Å²) in [4.78, 5) is 11.3. The van der Waals surface area contributed by atoms with Crippen LogP contribution in [-0.2, 0) is 9.53 Å². The van der Waals surface area contributed by atoms with Crippen molar-refractivity contribution in [1.82, 2.24) is 9.78 Å². The number of aromatic nitrogens is 2. The molecule has 0 aromatic carbocycles. The van der Waals surface area contributed by atoms with Gasteiger partial charge in [-0.2, -0.15) is 5.10 Å². The predicted molar refractivity (Wildman–Crippen MR) is 53.7 cm³/mol. The first-order chi connectivity index (χ1) is 6.72. The van der Waals surface area contributed by atoms with E-state index in [1.807, 2.05) is 17.8 Å². The van der Waals surface area contributed by atoms with Crippen LogP contribution in [0, 0.1) is 5.92 Å². The van der Waals surface area contributed by atoms with Gasteiger partial charge in [-0.3, -0.25) is 9.48 Å². The maximum atomic E-state index is 11.3. The van der Waals surface area contributed by atoms with Crippen molar-refractivity contribution in [2.45, 2.75) is 19.4 Å². The fourth-order valence-electron chi connectivity index (χ4n) is 1.47. The van der Waals surface area contributed by atoms with Crippen LogP contribution in [0.25, 0.3) is 0 Å². The Labute approximate surface area is 90.4 Å². The summed E-state index contributed by atoms with van der Waals surface area (Å²) in [6.45, 7) is 2.27. The number of carbonyl (C=O) groups is 1. The van der Waals surface area contributed by atoms with E-state index in [4.69, 9.17) is 4.74 Å². The molecule has 1 aliphatic carbocycles. The van der Waals surface area contributed by atoms with Crippen molar-refractivity contribution >= 4 is 21.9 Å². The average molecular weight is 259 g/mol. The van der Waals surface area contributed by atoms with E-state index in [-0.39, 0.29) is 17.9 Å². The van der Waals surface area contributed by atoms with Crippen LogP contribution >= 0.6 is 15.9 Å². The molecule has 0 saturated heterocycles. The maximum Gasteiger partial charge on any atom is 0.311 e. The highest BCUT2D eigenvalue weighted by Crippen LogP contribution is 2.43. The van der Waals surface area contributed by atoms with E-state index in [1.54, 1.807) is 6.20 Å². The van der Waals surface area contributed by atoms with E-state index < -0.39 is 0 Å². The molecule has 1 fully saturated rings. The molecule has 4 nitrogen and oxygen atoms in total. The minimum absolute atomic E-state index is 0.00162. The second-order valence-electron chi connectivity index (χ2n) is 3.30. The molecule has 2 atom stereocenters. The van der Waals surface area contributed by atoms with Gasteiger partial charge in [0.25, 0.3) is 0 Å². The lowest BCUT2D eigenvalue weighted by Crippen LogP contribution is -2.09. The fourth-order valence-corrected chi connectivity index (χ4v) is 1.77. The van der Waals surface area contributed by atoms with Gasteiger partial charge in [0.2, 0.25) is 0 Å². The molecule has 5 heteroatoms. The average Bonchev–Trinajstić information content (AvgIpc) is 2.84. The topological polar surface area (TPSA) is 44.1 Å². The molecule has 2 rings (SSSR count). The fraction of sp³-hybridized carbons (Fsp3) is 0.556. The number of hydrogen-bond donors (Lipinski definition) is 0. The predicted octanol–water partition coefficient (Wildman–Crippen LogP) is 1.77. The Hall–Kier alpha value is -0.840. The first-order valence-electron chi connectivity index (χ1n) is 4.58. The highest BCUT2D eigenvalue weighted by Gasteiger charge is 2.46. The van der Waals surface area contributed by atoms with Crippen LogP contribution < -0.4 is 0 Å². The summed E-state index contributed by atoms with van der Waals surface area (Å²) in [5.74, 6) is -0.106. The van der Waals surface area contributed by atoms with Gasteiger partial charge in [0.15, 0.2) is 0 Å². The normalized spacial score (nSPS) is 24.7. The van der Waals surface area contributed by atoms with E-state index in [1.165, 1.54) is 0 Å². The zero-order valence-electron chi connectivity index (χ0n) is 7.81. The molecule has 2 unspecified atom stereocenters. The Bertz CT molecular complexity index is 350. The smallest absolute Gasteiger partial charge is 0.311 e. The Morgan fingerprint density at radius 2 is 2.64 bits per heavy atom. The molecule has 76 valence electrons. The summed E-state index contributed by atoms with van der Waals surface area (Å²) in [5, 5.41) is 4.13. The summed E-state index contributed by atoms with van der Waals surface area (Å²) in [5.41, 5.74) is 0. The molecule has 1 saturated carbocycles. The Balaban J connectivity index is 1.96. The standard InChI is InChI=1S/C9H11BrN2O2/c1-2-14-9(13)7-3-8(7)12-5-6(10)4-11-12/h4-5,7-8H,2-3H2,1H3. The van der Waals surface area contributed by atoms with E-state index in [0.29, 0.717) is 6.61 Å². The van der Waals surface area contributed by atoms with Gasteiger partial charge in [-0.1, -0.05) is 0 Å². The molecule has 0 N–H and O–H groups in total. The van der Waals surface area contributed by atoms with Crippen LogP contribution in [0.2, 0.25) is 0 Å². The van der Waals surface area contributed by atoms with Crippen molar-refractivity contribution in [1.29, 1.82) is 0 Å². The lowest BCUT2D eigenvalue weighted by atomic mass is 10.4. The Morgan fingerprint density at radius 3 is 3.21 bits per heavy atom. The monoisotopic (exact) mass is 258 g/mol. The number of ether oxygens (including phenoxy) is 1. The maximum absolute atomic E-state index is 11.3. The SMILES string of the molecule is CCOC(=O)C1CC1n1cc(Br)cn1. The molecule has 0 aliphatic heterocycles. The minimum Gasteiger partial charge on any atom is -0.466 e. The molecular weight excluding hydrogens is 248 g/mol. The Kier molecular flexibility index (Phi) is 2.58. The van der Waals surface area contributed by atoms with Crippen LogP contribution in [0.5, 0.6) is 0 Å². The van der Waals surface area contributed by atoms with Crippen molar-refractivity contribution in [2.24, 2.45) is 5.92 Å². The zero-order chi connectivity index (χ0) is 10.1. The molecule has 1 aromatic heterocycles. The highest BCUT2D eigenvalue weighted by molar-refractivity contribution is 9.10. The Morgan fingerprint density at radius 1 is 1.86 bits per heavy atom. The molecule has 0 radical (unpaired) electrons. The van der Waals surface area contributed by atoms with E-state index in [9.17, 15) is 4.79 Å². The van der Waals surface area contributed by atoms with Crippen molar-refractivity contribution < 1.29 is 9.53 Å². The second kappa shape index (κ2) is 3.73. The van der Waals surface area contributed by atoms with Gasteiger partial charge in [-0.25, -0.2) is 0 Å². The zero-order valence-corrected chi connectivity index (χ0v) is 9.40. The van der Waals surface area contributed by atoms with Crippen LogP contribution in [-0.4, -0.2) is 22.4 Å². The van der Waals surface area contributed by atoms with E-state index in [2.05, 4.69) is 21.0 Å². The van der Waals surface area contributed by atoms with Crippen molar-refractivity contribution in [3.05, 3.63) is 16.9 Å². The van der Waals surface area contributed by atoms with E-state index in [0.717, 1.165) is 10.9 Å². The third kappa shape index (κ3) is 1.82. The number of esters is 1. The first-order valence-corrected chi connectivity index (χ1v) is 5.38. The first kappa shape index (κ1) is 9.71. The van der Waals surface area contributed by atoms with Gasteiger partial charge in [0.1, 0.15) is 0 Å². The third-order valence-corrected chi connectivity index (χ3v) is 2.67. The molecule has 0 bridgehead atoms. The highest BCUT2D eigenvalue weighted by atomic mass is 79.9. The van der Waals surface area contributed by atoms with Gasteiger partial charge in [0, 0.05) is 6.20 Å². The molecule has 0 spiro atoms. The molecule has 1 aromatic rings. The number of nitrogens with zero attached hydrogens (tertiary/aromatic N) is 2. The van der Waals surface area contributed by atoms with Crippen LogP contribution in [0.15, 0.2) is 16.9 Å². The van der Waals surface area contributed by atoms with Gasteiger partial charge in [-0.15, -0.1) is 0 Å². The lowest BCUT2D eigenvalue weighted by Gasteiger charge is -2.00. The summed E-state index contributed by atoms with van der Waals surface area (Å²) < 4.78 is 7.68. The van der Waals surface area contributed by atoms with Crippen LogP contribution in [0.1, 0.15) is 19.4 Å². The number of hydrogen-bond acceptors (Lipinski definition) is 3. The largest absolute Gasteiger partial charge is 0.466 e. The number of halogens is 1. The molecule has 1 heterocycles. The van der Waals surface area contributed by atoms with Crippen molar-refractivity contribution in [2.75, 3.05) is 6.61 Å². The van der Waals surface area contributed by atoms with Gasteiger partial charge in [0.05, 0.1) is 29.2 Å². The van der Waals surface area contributed by atoms with Crippen LogP contribution in [0.4, 0.5) is 0 Å². The number of carbonyl (C=O) groups excluding carboxylic acids is 1. The molecule has 0 amide bonds. The molecule has 1 aliphatic rings. The summed E-state index contributed by atoms with van der Waals surface area (Å²) in [7, 11) is 0.